The third kappa shape index (κ3) is 6.20. The van der Waals surface area contributed by atoms with Crippen LogP contribution in [0.4, 0.5) is 13.2 Å². The molecule has 0 bridgehead atoms. The Kier molecular flexibility index (Phi) is 8.06. The van der Waals surface area contributed by atoms with Gasteiger partial charge in [-0.05, 0) is 66.1 Å². The monoisotopic (exact) mass is 503 g/mol. The van der Waals surface area contributed by atoms with Gasteiger partial charge in [0.1, 0.15) is 0 Å². The number of alkyl halides is 4. The highest BCUT2D eigenvalue weighted by molar-refractivity contribution is 6.19. The second-order valence-corrected chi connectivity index (χ2v) is 8.60. The fourth-order valence-corrected chi connectivity index (χ4v) is 4.47. The molecule has 0 radical (unpaired) electrons. The molecule has 1 aliphatic rings. The van der Waals surface area contributed by atoms with Crippen LogP contribution < -0.4 is 0 Å². The molecule has 10 heteroatoms. The van der Waals surface area contributed by atoms with E-state index in [0.29, 0.717) is 17.9 Å². The first-order valence-electron chi connectivity index (χ1n) is 11.3. The summed E-state index contributed by atoms with van der Waals surface area (Å²) in [5.41, 5.74) is 0.946. The van der Waals surface area contributed by atoms with E-state index in [4.69, 9.17) is 16.3 Å². The summed E-state index contributed by atoms with van der Waals surface area (Å²) < 4.78 is 48.5. The highest BCUT2D eigenvalue weighted by Gasteiger charge is 2.34. The van der Waals surface area contributed by atoms with E-state index in [1.165, 1.54) is 4.68 Å². The quantitative estimate of drug-likeness (QED) is 0.352. The van der Waals surface area contributed by atoms with Crippen molar-refractivity contribution in [1.82, 2.24) is 25.1 Å². The minimum Gasteiger partial charge on any atom is -0.372 e. The van der Waals surface area contributed by atoms with Crippen LogP contribution in [0.5, 0.6) is 0 Å². The first-order valence-corrected chi connectivity index (χ1v) is 11.8. The minimum atomic E-state index is -4.51. The molecule has 2 heterocycles. The molecule has 1 aliphatic heterocycles. The van der Waals surface area contributed by atoms with Gasteiger partial charge in [-0.15, -0.1) is 16.7 Å². The Morgan fingerprint density at radius 2 is 1.94 bits per heavy atom. The normalized spacial score (nSPS) is 18.8. The molecule has 4 rings (SSSR count). The number of aryl methyl sites for hydroxylation is 1. The summed E-state index contributed by atoms with van der Waals surface area (Å²) in [6.07, 6.45) is -3.04. The number of ether oxygens (including phenoxy) is 1. The Bertz CT molecular complexity index is 1190. The van der Waals surface area contributed by atoms with E-state index in [1.807, 2.05) is 30.3 Å². The Morgan fingerprint density at radius 3 is 2.63 bits per heavy atom. The zero-order chi connectivity index (χ0) is 24.8. The topological polar surface area (TPSA) is 56.1 Å². The zero-order valence-corrected chi connectivity index (χ0v) is 19.9. The van der Waals surface area contributed by atoms with Crippen molar-refractivity contribution in [3.05, 3.63) is 71.0 Å². The number of halogens is 4. The van der Waals surface area contributed by atoms with Crippen LogP contribution >= 0.6 is 11.6 Å². The number of rotatable bonds is 6. The summed E-state index contributed by atoms with van der Waals surface area (Å²) >= 11 is 5.71. The van der Waals surface area contributed by atoms with E-state index in [-0.39, 0.29) is 30.3 Å². The van der Waals surface area contributed by atoms with Gasteiger partial charge in [0.2, 0.25) is 0 Å². The van der Waals surface area contributed by atoms with Gasteiger partial charge in [0.15, 0.2) is 5.82 Å². The van der Waals surface area contributed by atoms with Gasteiger partial charge in [0, 0.05) is 0 Å². The summed E-state index contributed by atoms with van der Waals surface area (Å²) in [6.45, 7) is 3.04. The molecule has 35 heavy (non-hydrogen) atoms. The van der Waals surface area contributed by atoms with E-state index < -0.39 is 11.7 Å². The van der Waals surface area contributed by atoms with Crippen LogP contribution in [0.1, 0.15) is 41.4 Å². The van der Waals surface area contributed by atoms with Crippen LogP contribution in [0.25, 0.3) is 5.69 Å². The number of likely N-dealkylation sites (tertiary alicyclic amines) is 1. The first-order chi connectivity index (χ1) is 16.9. The van der Waals surface area contributed by atoms with Crippen molar-refractivity contribution < 1.29 is 17.9 Å². The lowest BCUT2D eigenvalue weighted by Crippen LogP contribution is -2.43. The smallest absolute Gasteiger partial charge is 0.372 e. The molecular formula is C25H25ClF3N5O. The highest BCUT2D eigenvalue weighted by Crippen LogP contribution is 2.35. The molecule has 1 saturated heterocycles. The molecule has 2 aromatic carbocycles. The number of tetrazole rings is 1. The molecule has 0 N–H and O–H groups in total. The molecule has 0 spiro atoms. The summed E-state index contributed by atoms with van der Waals surface area (Å²) in [5, 5.41) is 11.1. The Morgan fingerprint density at radius 1 is 1.14 bits per heavy atom. The van der Waals surface area contributed by atoms with Crippen LogP contribution in [0.2, 0.25) is 0 Å². The lowest BCUT2D eigenvalue weighted by Gasteiger charge is -2.40. The predicted molar refractivity (Wildman–Crippen MR) is 126 cm³/mol. The van der Waals surface area contributed by atoms with Crippen molar-refractivity contribution in [3.63, 3.8) is 0 Å². The maximum absolute atomic E-state index is 13.6. The van der Waals surface area contributed by atoms with Crippen LogP contribution in [-0.2, 0) is 17.5 Å². The van der Waals surface area contributed by atoms with Crippen LogP contribution in [-0.4, -0.2) is 50.2 Å². The van der Waals surface area contributed by atoms with Gasteiger partial charge < -0.3 is 4.74 Å². The van der Waals surface area contributed by atoms with Crippen molar-refractivity contribution in [3.8, 4) is 17.5 Å². The third-order valence-electron chi connectivity index (χ3n) is 5.93. The summed E-state index contributed by atoms with van der Waals surface area (Å²) in [4.78, 5) is 2.24. The fourth-order valence-electron chi connectivity index (χ4n) is 4.38. The standard InChI is InChI=1S/C25H25ClF3N5O/c1-18-30-31-32-34(18)22-15-19(14-21(16-22)25(27,28)29)17-35-23-10-7-13-33(12-6-5-11-26)24(23)20-8-3-2-4-9-20/h2-4,8-9,14-16,23-24H,7,10-13,17H2,1H3/t23-,24-/m0/s1. The zero-order valence-electron chi connectivity index (χ0n) is 19.2. The van der Waals surface area contributed by atoms with Gasteiger partial charge in [-0.1, -0.05) is 42.2 Å². The average molecular weight is 504 g/mol. The minimum absolute atomic E-state index is 0.0211. The van der Waals surface area contributed by atoms with E-state index in [1.54, 1.807) is 13.0 Å². The molecule has 0 unspecified atom stereocenters. The number of piperidine rings is 1. The molecule has 0 amide bonds. The average Bonchev–Trinajstić information content (AvgIpc) is 3.28. The summed E-state index contributed by atoms with van der Waals surface area (Å²) in [7, 11) is 0. The molecule has 3 aromatic rings. The SMILES string of the molecule is Cc1nnnn1-c1cc(CO[C@H]2CCCN(CC#CCCl)[C@H]2c2ccccc2)cc(C(F)(F)F)c1. The molecule has 1 aromatic heterocycles. The van der Waals surface area contributed by atoms with E-state index in [0.717, 1.165) is 37.1 Å². The lowest BCUT2D eigenvalue weighted by molar-refractivity contribution is -0.137. The molecule has 6 nitrogen and oxygen atoms in total. The number of hydrogen-bond donors (Lipinski definition) is 0. The number of hydrogen-bond acceptors (Lipinski definition) is 5. The first kappa shape index (κ1) is 25.2. The van der Waals surface area contributed by atoms with Crippen molar-refractivity contribution in [2.45, 2.75) is 44.7 Å². The van der Waals surface area contributed by atoms with Crippen LogP contribution in [0, 0.1) is 18.8 Å². The van der Waals surface area contributed by atoms with E-state index >= 15 is 0 Å². The molecule has 184 valence electrons. The summed E-state index contributed by atoms with van der Waals surface area (Å²) in [6, 6.07) is 13.7. The van der Waals surface area contributed by atoms with Gasteiger partial charge in [-0.25, -0.2) is 0 Å². The van der Waals surface area contributed by atoms with Crippen molar-refractivity contribution in [2.75, 3.05) is 19.0 Å². The molecule has 2 atom stereocenters. The van der Waals surface area contributed by atoms with Gasteiger partial charge in [0.05, 0.1) is 42.4 Å². The van der Waals surface area contributed by atoms with E-state index in [2.05, 4.69) is 32.3 Å². The molecule has 0 aliphatic carbocycles. The largest absolute Gasteiger partial charge is 0.416 e. The predicted octanol–water partition coefficient (Wildman–Crippen LogP) is 4.95. The molecule has 1 fully saturated rings. The Labute approximate surface area is 207 Å². The maximum Gasteiger partial charge on any atom is 0.416 e. The van der Waals surface area contributed by atoms with Gasteiger partial charge >= 0.3 is 6.18 Å². The summed E-state index contributed by atoms with van der Waals surface area (Å²) in [5.74, 6) is 6.64. The Hall–Kier alpha value is -2.93. The number of nitrogens with zero attached hydrogens (tertiary/aromatic N) is 5. The second kappa shape index (κ2) is 11.2. The molecular weight excluding hydrogens is 479 g/mol. The van der Waals surface area contributed by atoms with Gasteiger partial charge in [-0.2, -0.15) is 17.9 Å². The third-order valence-corrected chi connectivity index (χ3v) is 6.07. The van der Waals surface area contributed by atoms with Gasteiger partial charge in [-0.3, -0.25) is 4.90 Å². The van der Waals surface area contributed by atoms with Crippen LogP contribution in [0.3, 0.4) is 0 Å². The van der Waals surface area contributed by atoms with Crippen molar-refractivity contribution in [1.29, 1.82) is 0 Å². The Balaban J connectivity index is 1.61. The highest BCUT2D eigenvalue weighted by atomic mass is 35.5. The molecule has 0 saturated carbocycles. The fraction of sp³-hybridized carbons (Fsp3) is 0.400. The number of aromatic nitrogens is 4. The second-order valence-electron chi connectivity index (χ2n) is 8.33. The van der Waals surface area contributed by atoms with Gasteiger partial charge in [0.25, 0.3) is 0 Å². The van der Waals surface area contributed by atoms with Crippen LogP contribution in [0.15, 0.2) is 48.5 Å². The van der Waals surface area contributed by atoms with Crippen molar-refractivity contribution in [2.24, 2.45) is 0 Å². The number of benzene rings is 2. The van der Waals surface area contributed by atoms with Crippen molar-refractivity contribution >= 4 is 11.6 Å². The van der Waals surface area contributed by atoms with E-state index in [9.17, 15) is 13.2 Å². The maximum atomic E-state index is 13.6. The lowest BCUT2D eigenvalue weighted by atomic mass is 9.92.